The van der Waals surface area contributed by atoms with Crippen LogP contribution in [0.2, 0.25) is 0 Å². The van der Waals surface area contributed by atoms with Crippen molar-refractivity contribution in [2.45, 2.75) is 251 Å². The van der Waals surface area contributed by atoms with Crippen LogP contribution in [0, 0.1) is 0 Å². The van der Waals surface area contributed by atoms with Crippen LogP contribution < -0.4 is 42.5 Å². The Balaban J connectivity index is 0.000000366. The minimum Gasteiger partial charge on any atom is -0.393 e. The van der Waals surface area contributed by atoms with Crippen molar-refractivity contribution in [1.82, 2.24) is 42.5 Å². The predicted molar refractivity (Wildman–Crippen MR) is 262 cm³/mol. The zero-order valence-corrected chi connectivity index (χ0v) is 41.8. The lowest BCUT2D eigenvalue weighted by molar-refractivity contribution is 0.153. The van der Waals surface area contributed by atoms with Crippen molar-refractivity contribution >= 4 is 0 Å². The Bertz CT molecular complexity index is 919. The van der Waals surface area contributed by atoms with Gasteiger partial charge in [0.1, 0.15) is 0 Å². The molecule has 16 atom stereocenters. The van der Waals surface area contributed by atoms with E-state index < -0.39 is 0 Å². The zero-order valence-electron chi connectivity index (χ0n) is 41.8. The fourth-order valence-electron chi connectivity index (χ4n) is 9.99. The average Bonchev–Trinajstić information content (AvgIpc) is 4.16. The zero-order chi connectivity index (χ0) is 47.9. The minimum atomic E-state index is -0.0833. The molecule has 0 bridgehead atoms. The van der Waals surface area contributed by atoms with E-state index in [2.05, 4.69) is 42.5 Å². The van der Waals surface area contributed by atoms with Crippen LogP contribution >= 0.6 is 0 Å². The van der Waals surface area contributed by atoms with Crippen molar-refractivity contribution in [3.63, 3.8) is 0 Å². The molecule has 384 valence electrons. The van der Waals surface area contributed by atoms with Gasteiger partial charge < -0.3 is 83.4 Å². The van der Waals surface area contributed by atoms with E-state index in [1.54, 1.807) is 0 Å². The first kappa shape index (κ1) is 61.4. The maximum atomic E-state index is 9.13. The minimum absolute atomic E-state index is 0.0348. The number of nitrogens with one attached hydrogen (secondary N) is 8. The van der Waals surface area contributed by atoms with Gasteiger partial charge in [0.05, 0.1) is 48.8 Å². The number of likely N-dealkylation sites (N-methyl/N-ethyl adjacent to an activating group) is 4. The second-order valence-electron chi connectivity index (χ2n) is 19.4. The topological polar surface area (TPSA) is 258 Å². The molecule has 0 aromatic heterocycles. The molecule has 8 aliphatic rings. The molecule has 8 saturated carbocycles. The molecule has 8 rings (SSSR count). The third-order valence-corrected chi connectivity index (χ3v) is 14.7. The summed E-state index contributed by atoms with van der Waals surface area (Å²) >= 11 is 0. The number of rotatable bonds is 8. The summed E-state index contributed by atoms with van der Waals surface area (Å²) in [7, 11) is 15.4. The quantitative estimate of drug-likeness (QED) is 0.162. The lowest BCUT2D eigenvalue weighted by Crippen LogP contribution is -2.32. The monoisotopic (exact) mass is 921 g/mol. The first-order chi connectivity index (χ1) is 30.7. The van der Waals surface area contributed by atoms with Crippen LogP contribution in [0.3, 0.4) is 0 Å². The van der Waals surface area contributed by atoms with Gasteiger partial charge in [0.2, 0.25) is 0 Å². The molecule has 0 radical (unpaired) electrons. The molecular weight excluding hydrogens is 817 g/mol. The molecule has 16 heteroatoms. The SMILES string of the molecule is CN[C@@H]1CCC[C@@H]1O.CN[C@@H]1CCC[C@H]1O.CN[C@@H]1CC[C@@H](O)C1.CN[C@@H]1CC[C@H](O)C1.CN[C@H]1CCC[C@@H]1O.CN[C@H]1CCC[C@H]1O.CN[C@H]1CC[C@@H](O)C1.CN[C@H]1CC[C@H](O)C1. The number of hydrogen-bond acceptors (Lipinski definition) is 16. The van der Waals surface area contributed by atoms with Crippen molar-refractivity contribution in [1.29, 1.82) is 0 Å². The first-order valence-corrected chi connectivity index (χ1v) is 25.5. The number of aliphatic hydroxyl groups is 8. The molecule has 16 nitrogen and oxygen atoms in total. The van der Waals surface area contributed by atoms with Gasteiger partial charge in [0, 0.05) is 48.3 Å². The molecule has 0 aromatic rings. The molecule has 0 spiro atoms. The normalized spacial score (nSPS) is 38.2. The molecular formula is C48H104N8O8. The Kier molecular flexibility index (Phi) is 35.8. The molecule has 64 heavy (non-hydrogen) atoms. The Hall–Kier alpha value is -0.640. The first-order valence-electron chi connectivity index (χ1n) is 25.5. The highest BCUT2D eigenvalue weighted by Gasteiger charge is 2.26. The summed E-state index contributed by atoms with van der Waals surface area (Å²) in [5.74, 6) is 0. The van der Waals surface area contributed by atoms with Gasteiger partial charge in [-0.05, 0) is 210 Å². The lowest BCUT2D eigenvalue weighted by Gasteiger charge is -2.11. The molecule has 8 aliphatic carbocycles. The van der Waals surface area contributed by atoms with Gasteiger partial charge in [-0.3, -0.25) is 0 Å². The van der Waals surface area contributed by atoms with Gasteiger partial charge >= 0.3 is 0 Å². The second-order valence-corrected chi connectivity index (χ2v) is 19.4. The van der Waals surface area contributed by atoms with E-state index in [1.165, 1.54) is 25.7 Å². The third-order valence-electron chi connectivity index (χ3n) is 14.7. The van der Waals surface area contributed by atoms with E-state index in [-0.39, 0.29) is 48.8 Å². The van der Waals surface area contributed by atoms with Gasteiger partial charge in [-0.25, -0.2) is 0 Å². The Morgan fingerprint density at radius 1 is 0.234 bits per heavy atom. The van der Waals surface area contributed by atoms with Crippen molar-refractivity contribution in [2.24, 2.45) is 0 Å². The maximum absolute atomic E-state index is 9.13. The van der Waals surface area contributed by atoms with Crippen LogP contribution in [-0.2, 0) is 0 Å². The van der Waals surface area contributed by atoms with Gasteiger partial charge in [-0.2, -0.15) is 0 Å². The van der Waals surface area contributed by atoms with Crippen LogP contribution in [0.1, 0.15) is 154 Å². The average molecular weight is 921 g/mol. The van der Waals surface area contributed by atoms with Crippen molar-refractivity contribution in [2.75, 3.05) is 56.4 Å². The summed E-state index contributed by atoms with van der Waals surface area (Å²) in [5.41, 5.74) is 0. The van der Waals surface area contributed by atoms with Crippen molar-refractivity contribution in [3.8, 4) is 0 Å². The molecule has 0 amide bonds. The van der Waals surface area contributed by atoms with E-state index in [4.69, 9.17) is 40.9 Å². The molecule has 0 aliphatic heterocycles. The van der Waals surface area contributed by atoms with E-state index in [1.807, 2.05) is 56.4 Å². The molecule has 16 N–H and O–H groups in total. The van der Waals surface area contributed by atoms with E-state index in [9.17, 15) is 0 Å². The van der Waals surface area contributed by atoms with Crippen LogP contribution in [0.15, 0.2) is 0 Å². The van der Waals surface area contributed by atoms with Crippen molar-refractivity contribution < 1.29 is 40.9 Å². The number of hydrogen-bond donors (Lipinski definition) is 16. The van der Waals surface area contributed by atoms with Crippen molar-refractivity contribution in [3.05, 3.63) is 0 Å². The fourth-order valence-corrected chi connectivity index (χ4v) is 9.99. The summed E-state index contributed by atoms with van der Waals surface area (Å²) in [6.45, 7) is 0. The van der Waals surface area contributed by atoms with Crippen LogP contribution in [0.5, 0.6) is 0 Å². The predicted octanol–water partition coefficient (Wildman–Crippen LogP) is 0.954. The third kappa shape index (κ3) is 26.8. The van der Waals surface area contributed by atoms with E-state index in [0.717, 1.165) is 128 Å². The highest BCUT2D eigenvalue weighted by molar-refractivity contribution is 4.84. The molecule has 0 saturated heterocycles. The maximum Gasteiger partial charge on any atom is 0.0693 e. The van der Waals surface area contributed by atoms with Crippen LogP contribution in [-0.4, -0.2) is 194 Å². The van der Waals surface area contributed by atoms with E-state index in [0.29, 0.717) is 48.3 Å². The summed E-state index contributed by atoms with van der Waals surface area (Å²) in [6.07, 6.45) is 24.9. The summed E-state index contributed by atoms with van der Waals surface area (Å²) < 4.78 is 0. The molecule has 0 aromatic carbocycles. The molecule has 0 unspecified atom stereocenters. The standard InChI is InChI=1S/8C6H13NO/c4*1-7-5-2-3-6(8)4-5;4*1-7-5-3-2-4-6(5)8/h8*5-8H,2-4H2,1H3/t2*5-,6+;2*5-,6-;2*5-,6+;2*5-,6-/m10101010/s1. The second kappa shape index (κ2) is 37.3. The summed E-state index contributed by atoms with van der Waals surface area (Å²) in [4.78, 5) is 0. The Morgan fingerprint density at radius 2 is 0.422 bits per heavy atom. The van der Waals surface area contributed by atoms with Gasteiger partial charge in [-0.1, -0.05) is 0 Å². The smallest absolute Gasteiger partial charge is 0.0693 e. The largest absolute Gasteiger partial charge is 0.393 e. The Morgan fingerprint density at radius 3 is 0.484 bits per heavy atom. The van der Waals surface area contributed by atoms with Gasteiger partial charge in [0.25, 0.3) is 0 Å². The van der Waals surface area contributed by atoms with E-state index >= 15 is 0 Å². The summed E-state index contributed by atoms with van der Waals surface area (Å²) in [6, 6.07) is 3.78. The highest BCUT2D eigenvalue weighted by atomic mass is 16.3. The lowest BCUT2D eigenvalue weighted by atomic mass is 10.2. The Labute approximate surface area is 390 Å². The van der Waals surface area contributed by atoms with Gasteiger partial charge in [0.15, 0.2) is 0 Å². The van der Waals surface area contributed by atoms with Crippen LogP contribution in [0.4, 0.5) is 0 Å². The molecule has 8 fully saturated rings. The molecule has 0 heterocycles. The fraction of sp³-hybridized carbons (Fsp3) is 1.00. The summed E-state index contributed by atoms with van der Waals surface area (Å²) in [5, 5.41) is 97.3. The van der Waals surface area contributed by atoms with Crippen LogP contribution in [0.25, 0.3) is 0 Å². The van der Waals surface area contributed by atoms with Gasteiger partial charge in [-0.15, -0.1) is 0 Å². The highest BCUT2D eigenvalue weighted by Crippen LogP contribution is 2.22. The number of aliphatic hydroxyl groups excluding tert-OH is 8.